The summed E-state index contributed by atoms with van der Waals surface area (Å²) in [4.78, 5) is 13.8. The minimum Gasteiger partial charge on any atom is -0.309 e. The summed E-state index contributed by atoms with van der Waals surface area (Å²) < 4.78 is 0. The van der Waals surface area contributed by atoms with Crippen LogP contribution in [0.5, 0.6) is 0 Å². The third kappa shape index (κ3) is 3.99. The average molecular weight is 283 g/mol. The van der Waals surface area contributed by atoms with E-state index < -0.39 is 0 Å². The Labute approximate surface area is 117 Å². The molecule has 5 nitrogen and oxygen atoms in total. The summed E-state index contributed by atoms with van der Waals surface area (Å²) in [5, 5.41) is 14.3. The van der Waals surface area contributed by atoms with Crippen molar-refractivity contribution < 1.29 is 4.92 Å². The summed E-state index contributed by atoms with van der Waals surface area (Å²) in [6.45, 7) is 7.49. The van der Waals surface area contributed by atoms with Gasteiger partial charge in [-0.15, -0.1) is 0 Å². The third-order valence-electron chi connectivity index (χ3n) is 3.65. The van der Waals surface area contributed by atoms with Crippen LogP contribution in [0.2, 0.25) is 0 Å². The molecule has 1 N–H and O–H groups in total. The summed E-state index contributed by atoms with van der Waals surface area (Å²) in [5.74, 6) is 0. The fourth-order valence-electron chi connectivity index (χ4n) is 2.42. The number of piperidine rings is 1. The number of likely N-dealkylation sites (tertiary alicyclic amines) is 1. The standard InChI is InChI=1S/C13H21N3O2S/c1-10(2)15-7-5-11(6-8-15)14-9-12-3-4-13(19-12)16(17)18/h3-4,10-11,14H,5-9H2,1-2H3. The molecule has 1 aliphatic heterocycles. The zero-order valence-corrected chi connectivity index (χ0v) is 12.3. The lowest BCUT2D eigenvalue weighted by Gasteiger charge is -2.34. The van der Waals surface area contributed by atoms with E-state index in [1.165, 1.54) is 11.3 Å². The maximum Gasteiger partial charge on any atom is 0.324 e. The van der Waals surface area contributed by atoms with E-state index in [1.807, 2.05) is 6.07 Å². The van der Waals surface area contributed by atoms with Crippen LogP contribution in [0.15, 0.2) is 12.1 Å². The van der Waals surface area contributed by atoms with Crippen molar-refractivity contribution in [3.63, 3.8) is 0 Å². The van der Waals surface area contributed by atoms with Gasteiger partial charge in [0.05, 0.1) is 4.92 Å². The molecule has 0 radical (unpaired) electrons. The fourth-order valence-corrected chi connectivity index (χ4v) is 3.20. The molecule has 0 amide bonds. The first-order valence-corrected chi connectivity index (χ1v) is 7.58. The summed E-state index contributed by atoms with van der Waals surface area (Å²) in [5.41, 5.74) is 0. The molecule has 2 rings (SSSR count). The van der Waals surface area contributed by atoms with Crippen LogP contribution in [0.1, 0.15) is 31.6 Å². The first-order chi connectivity index (χ1) is 9.06. The Morgan fingerprint density at radius 1 is 1.47 bits per heavy atom. The van der Waals surface area contributed by atoms with Crippen molar-refractivity contribution in [1.29, 1.82) is 0 Å². The number of hydrogen-bond donors (Lipinski definition) is 1. The molecule has 2 heterocycles. The second-order valence-electron chi connectivity index (χ2n) is 5.28. The van der Waals surface area contributed by atoms with Crippen LogP contribution in [0.3, 0.4) is 0 Å². The Kier molecular flexibility index (Phi) is 4.90. The Bertz CT molecular complexity index is 425. The highest BCUT2D eigenvalue weighted by Crippen LogP contribution is 2.24. The number of nitrogens with one attached hydrogen (secondary N) is 1. The highest BCUT2D eigenvalue weighted by atomic mass is 32.1. The van der Waals surface area contributed by atoms with Gasteiger partial charge in [0.1, 0.15) is 0 Å². The quantitative estimate of drug-likeness (QED) is 0.666. The van der Waals surface area contributed by atoms with E-state index in [-0.39, 0.29) is 9.92 Å². The van der Waals surface area contributed by atoms with Crippen molar-refractivity contribution >= 4 is 16.3 Å². The highest BCUT2D eigenvalue weighted by Gasteiger charge is 2.20. The van der Waals surface area contributed by atoms with Gasteiger partial charge in [-0.1, -0.05) is 11.3 Å². The number of thiophene rings is 1. The van der Waals surface area contributed by atoms with E-state index in [0.717, 1.165) is 37.4 Å². The van der Waals surface area contributed by atoms with Crippen LogP contribution < -0.4 is 5.32 Å². The van der Waals surface area contributed by atoms with Crippen LogP contribution in [-0.2, 0) is 6.54 Å². The monoisotopic (exact) mass is 283 g/mol. The van der Waals surface area contributed by atoms with Crippen molar-refractivity contribution in [2.75, 3.05) is 13.1 Å². The Morgan fingerprint density at radius 3 is 2.68 bits per heavy atom. The molecule has 1 aliphatic rings. The molecular weight excluding hydrogens is 262 g/mol. The fraction of sp³-hybridized carbons (Fsp3) is 0.692. The molecule has 0 aromatic carbocycles. The average Bonchev–Trinajstić information content (AvgIpc) is 2.86. The normalized spacial score (nSPS) is 18.1. The summed E-state index contributed by atoms with van der Waals surface area (Å²) in [6, 6.07) is 4.60. The summed E-state index contributed by atoms with van der Waals surface area (Å²) in [6.07, 6.45) is 2.32. The molecule has 0 saturated carbocycles. The smallest absolute Gasteiger partial charge is 0.309 e. The zero-order chi connectivity index (χ0) is 13.8. The molecule has 0 atom stereocenters. The molecule has 0 unspecified atom stereocenters. The van der Waals surface area contributed by atoms with Crippen molar-refractivity contribution in [2.45, 2.75) is 45.3 Å². The largest absolute Gasteiger partial charge is 0.324 e. The predicted octanol–water partition coefficient (Wildman–Crippen LogP) is 2.62. The van der Waals surface area contributed by atoms with Crippen molar-refractivity contribution in [3.8, 4) is 0 Å². The summed E-state index contributed by atoms with van der Waals surface area (Å²) in [7, 11) is 0. The van der Waals surface area contributed by atoms with Gasteiger partial charge in [0.25, 0.3) is 0 Å². The van der Waals surface area contributed by atoms with Crippen molar-refractivity contribution in [2.24, 2.45) is 0 Å². The van der Waals surface area contributed by atoms with E-state index in [9.17, 15) is 10.1 Å². The van der Waals surface area contributed by atoms with Gasteiger partial charge >= 0.3 is 5.00 Å². The van der Waals surface area contributed by atoms with E-state index in [1.54, 1.807) is 6.07 Å². The van der Waals surface area contributed by atoms with Gasteiger partial charge in [-0.2, -0.15) is 0 Å². The first-order valence-electron chi connectivity index (χ1n) is 6.77. The van der Waals surface area contributed by atoms with E-state index in [0.29, 0.717) is 12.1 Å². The third-order valence-corrected chi connectivity index (χ3v) is 4.69. The van der Waals surface area contributed by atoms with Crippen LogP contribution >= 0.6 is 11.3 Å². The van der Waals surface area contributed by atoms with Crippen LogP contribution in [-0.4, -0.2) is 35.0 Å². The van der Waals surface area contributed by atoms with E-state index in [2.05, 4.69) is 24.1 Å². The van der Waals surface area contributed by atoms with E-state index in [4.69, 9.17) is 0 Å². The van der Waals surface area contributed by atoms with Crippen LogP contribution in [0, 0.1) is 10.1 Å². The maximum absolute atomic E-state index is 10.6. The molecular formula is C13H21N3O2S. The molecule has 1 fully saturated rings. The number of nitrogens with zero attached hydrogens (tertiary/aromatic N) is 2. The molecule has 1 saturated heterocycles. The molecule has 6 heteroatoms. The van der Waals surface area contributed by atoms with Gasteiger partial charge in [-0.3, -0.25) is 10.1 Å². The second kappa shape index (κ2) is 6.45. The van der Waals surface area contributed by atoms with Gasteiger partial charge < -0.3 is 10.2 Å². The Balaban J connectivity index is 1.75. The van der Waals surface area contributed by atoms with Gasteiger partial charge in [-0.25, -0.2) is 0 Å². The second-order valence-corrected chi connectivity index (χ2v) is 6.43. The summed E-state index contributed by atoms with van der Waals surface area (Å²) >= 11 is 1.26. The topological polar surface area (TPSA) is 58.4 Å². The molecule has 1 aromatic rings. The minimum absolute atomic E-state index is 0.228. The zero-order valence-electron chi connectivity index (χ0n) is 11.5. The highest BCUT2D eigenvalue weighted by molar-refractivity contribution is 7.15. The predicted molar refractivity (Wildman–Crippen MR) is 77.5 cm³/mol. The van der Waals surface area contributed by atoms with Gasteiger partial charge in [-0.05, 0) is 45.8 Å². The minimum atomic E-state index is -0.324. The molecule has 19 heavy (non-hydrogen) atoms. The Hall–Kier alpha value is -0.980. The van der Waals surface area contributed by atoms with Gasteiger partial charge in [0.15, 0.2) is 0 Å². The molecule has 1 aromatic heterocycles. The maximum atomic E-state index is 10.6. The molecule has 106 valence electrons. The van der Waals surface area contributed by atoms with E-state index >= 15 is 0 Å². The lowest BCUT2D eigenvalue weighted by Crippen LogP contribution is -2.44. The van der Waals surface area contributed by atoms with Crippen LogP contribution in [0.25, 0.3) is 0 Å². The molecule has 0 bridgehead atoms. The lowest BCUT2D eigenvalue weighted by molar-refractivity contribution is -0.380. The number of nitro groups is 1. The lowest BCUT2D eigenvalue weighted by atomic mass is 10.0. The Morgan fingerprint density at radius 2 is 2.16 bits per heavy atom. The molecule has 0 aliphatic carbocycles. The van der Waals surface area contributed by atoms with Crippen molar-refractivity contribution in [1.82, 2.24) is 10.2 Å². The van der Waals surface area contributed by atoms with Crippen molar-refractivity contribution in [3.05, 3.63) is 27.1 Å². The SMILES string of the molecule is CC(C)N1CCC(NCc2ccc([N+](=O)[O-])s2)CC1. The molecule has 0 spiro atoms. The number of rotatable bonds is 5. The van der Waals surface area contributed by atoms with Crippen LogP contribution in [0.4, 0.5) is 5.00 Å². The van der Waals surface area contributed by atoms with Gasteiger partial charge in [0, 0.05) is 29.6 Å². The number of hydrogen-bond acceptors (Lipinski definition) is 5. The first kappa shape index (κ1) is 14.4. The van der Waals surface area contributed by atoms with Gasteiger partial charge in [0.2, 0.25) is 0 Å².